The molecule has 1 aromatic heterocycles. The van der Waals surface area contributed by atoms with E-state index in [9.17, 15) is 4.79 Å². The Hall–Kier alpha value is -2.08. The molecule has 1 N–H and O–H groups in total. The smallest absolute Gasteiger partial charge is 0.233 e. The van der Waals surface area contributed by atoms with Crippen LogP contribution < -0.4 is 5.32 Å². The summed E-state index contributed by atoms with van der Waals surface area (Å²) in [6.45, 7) is 7.56. The van der Waals surface area contributed by atoms with E-state index < -0.39 is 0 Å². The molecule has 1 aliphatic rings. The van der Waals surface area contributed by atoms with Crippen LogP contribution in [-0.2, 0) is 11.3 Å². The molecule has 150 valence electrons. The van der Waals surface area contributed by atoms with E-state index in [0.29, 0.717) is 6.54 Å². The fourth-order valence-corrected chi connectivity index (χ4v) is 4.43. The van der Waals surface area contributed by atoms with Gasteiger partial charge < -0.3 is 9.88 Å². The Morgan fingerprint density at radius 2 is 2.18 bits per heavy atom. The Morgan fingerprint density at radius 3 is 2.89 bits per heavy atom. The highest BCUT2D eigenvalue weighted by atomic mass is 32.2. The molecule has 1 heterocycles. The van der Waals surface area contributed by atoms with Crippen molar-refractivity contribution in [2.75, 3.05) is 6.54 Å². The fraction of sp³-hybridized carbons (Fsp3) is 0.500. The molecule has 0 saturated carbocycles. The Labute approximate surface area is 172 Å². The highest BCUT2D eigenvalue weighted by Gasteiger charge is 2.20. The van der Waals surface area contributed by atoms with Crippen molar-refractivity contribution in [1.29, 1.82) is 0 Å². The van der Waals surface area contributed by atoms with Gasteiger partial charge in [0.1, 0.15) is 0 Å². The van der Waals surface area contributed by atoms with E-state index in [1.807, 2.05) is 19.1 Å². The zero-order valence-electron chi connectivity index (χ0n) is 17.1. The molecule has 2 aromatic rings. The third-order valence-corrected chi connectivity index (χ3v) is 6.17. The maximum atomic E-state index is 12.5. The summed E-state index contributed by atoms with van der Waals surface area (Å²) in [6.07, 6.45) is 8.25. The molecule has 0 aliphatic heterocycles. The lowest BCUT2D eigenvalue weighted by molar-refractivity contribution is -0.120. The molecule has 0 radical (unpaired) electrons. The number of nitrogens with zero attached hydrogens (tertiary/aromatic N) is 3. The van der Waals surface area contributed by atoms with Gasteiger partial charge in [0.25, 0.3) is 0 Å². The number of amides is 1. The molecule has 0 saturated heterocycles. The fourth-order valence-electron chi connectivity index (χ4n) is 3.49. The summed E-state index contributed by atoms with van der Waals surface area (Å²) < 4.78 is 2.08. The van der Waals surface area contributed by atoms with Crippen molar-refractivity contribution >= 4 is 17.7 Å². The number of hydrogen-bond donors (Lipinski definition) is 1. The highest BCUT2D eigenvalue weighted by Crippen LogP contribution is 2.27. The number of allylic oxidation sites excluding steroid dienone is 1. The van der Waals surface area contributed by atoms with E-state index in [2.05, 4.69) is 52.1 Å². The third-order valence-electron chi connectivity index (χ3n) is 5.09. The number of thioether (sulfide) groups is 1. The molecular formula is C22H30N4OS. The van der Waals surface area contributed by atoms with Crippen LogP contribution >= 0.6 is 11.8 Å². The van der Waals surface area contributed by atoms with Crippen LogP contribution in [0.4, 0.5) is 0 Å². The number of aromatic nitrogens is 3. The van der Waals surface area contributed by atoms with Gasteiger partial charge in [0.15, 0.2) is 11.0 Å². The van der Waals surface area contributed by atoms with Gasteiger partial charge in [0.05, 0.1) is 5.25 Å². The normalized spacial score (nSPS) is 15.2. The largest absolute Gasteiger partial charge is 0.355 e. The van der Waals surface area contributed by atoms with E-state index >= 15 is 0 Å². The first kappa shape index (κ1) is 20.6. The quantitative estimate of drug-likeness (QED) is 0.514. The van der Waals surface area contributed by atoms with Gasteiger partial charge in [-0.1, -0.05) is 47.2 Å². The van der Waals surface area contributed by atoms with Crippen molar-refractivity contribution in [2.45, 2.75) is 69.8 Å². The Kier molecular flexibility index (Phi) is 7.31. The summed E-state index contributed by atoms with van der Waals surface area (Å²) in [5.74, 6) is 0.912. The number of carbonyl (C=O) groups excluding carboxylic acids is 1. The molecule has 28 heavy (non-hydrogen) atoms. The van der Waals surface area contributed by atoms with Gasteiger partial charge in [0, 0.05) is 18.7 Å². The standard InChI is InChI=1S/C22H30N4OS/c1-4-26-20(19-12-8-9-16(2)15-19)24-25-22(26)28-17(3)21(27)23-14-13-18-10-6-5-7-11-18/h8-10,12,15,17H,4-7,11,13-14H2,1-3H3,(H,23,27). The van der Waals surface area contributed by atoms with Crippen LogP contribution in [0.3, 0.4) is 0 Å². The second kappa shape index (κ2) is 9.92. The van der Waals surface area contributed by atoms with Crippen LogP contribution in [0, 0.1) is 6.92 Å². The number of benzene rings is 1. The van der Waals surface area contributed by atoms with Crippen LogP contribution in [0.2, 0.25) is 0 Å². The van der Waals surface area contributed by atoms with E-state index in [-0.39, 0.29) is 11.2 Å². The SMILES string of the molecule is CCn1c(SC(C)C(=O)NCCC2=CCCCC2)nnc1-c1cccc(C)c1. The topological polar surface area (TPSA) is 59.8 Å². The predicted molar refractivity (Wildman–Crippen MR) is 115 cm³/mol. The van der Waals surface area contributed by atoms with Crippen molar-refractivity contribution in [2.24, 2.45) is 0 Å². The average Bonchev–Trinajstić information content (AvgIpc) is 3.11. The van der Waals surface area contributed by atoms with Crippen molar-refractivity contribution < 1.29 is 4.79 Å². The molecule has 1 aromatic carbocycles. The first-order chi connectivity index (χ1) is 13.6. The van der Waals surface area contributed by atoms with Crippen molar-refractivity contribution in [1.82, 2.24) is 20.1 Å². The number of nitrogens with one attached hydrogen (secondary N) is 1. The molecule has 1 amide bonds. The monoisotopic (exact) mass is 398 g/mol. The maximum Gasteiger partial charge on any atom is 0.233 e. The lowest BCUT2D eigenvalue weighted by Crippen LogP contribution is -2.32. The molecule has 1 aliphatic carbocycles. The number of aryl methyl sites for hydroxylation is 1. The average molecular weight is 399 g/mol. The van der Waals surface area contributed by atoms with Crippen LogP contribution in [-0.4, -0.2) is 32.5 Å². The summed E-state index contributed by atoms with van der Waals surface area (Å²) in [5, 5.41) is 12.4. The highest BCUT2D eigenvalue weighted by molar-refractivity contribution is 8.00. The van der Waals surface area contributed by atoms with Gasteiger partial charge in [-0.05, 0) is 58.9 Å². The number of hydrogen-bond acceptors (Lipinski definition) is 4. The molecule has 1 atom stereocenters. The molecule has 1 unspecified atom stereocenters. The number of rotatable bonds is 8. The van der Waals surface area contributed by atoms with Crippen LogP contribution in [0.15, 0.2) is 41.1 Å². The third kappa shape index (κ3) is 5.25. The molecule has 0 spiro atoms. The van der Waals surface area contributed by atoms with Gasteiger partial charge in [-0.25, -0.2) is 0 Å². The molecule has 3 rings (SSSR count). The van der Waals surface area contributed by atoms with Crippen LogP contribution in [0.5, 0.6) is 0 Å². The van der Waals surface area contributed by atoms with Crippen LogP contribution in [0.1, 0.15) is 51.5 Å². The summed E-state index contributed by atoms with van der Waals surface area (Å²) in [4.78, 5) is 12.5. The Bertz CT molecular complexity index is 843. The molecule has 0 fully saturated rings. The van der Waals surface area contributed by atoms with Crippen molar-refractivity contribution in [3.63, 3.8) is 0 Å². The van der Waals surface area contributed by atoms with E-state index in [1.165, 1.54) is 48.6 Å². The second-order valence-corrected chi connectivity index (χ2v) is 8.64. The Balaban J connectivity index is 1.59. The maximum absolute atomic E-state index is 12.5. The predicted octanol–water partition coefficient (Wildman–Crippen LogP) is 4.76. The van der Waals surface area contributed by atoms with Gasteiger partial charge in [-0.15, -0.1) is 10.2 Å². The van der Waals surface area contributed by atoms with Gasteiger partial charge in [0.2, 0.25) is 5.91 Å². The summed E-state index contributed by atoms with van der Waals surface area (Å²) in [6, 6.07) is 8.26. The molecule has 5 nitrogen and oxygen atoms in total. The minimum absolute atomic E-state index is 0.0594. The first-order valence-electron chi connectivity index (χ1n) is 10.2. The minimum atomic E-state index is -0.208. The van der Waals surface area contributed by atoms with Crippen molar-refractivity contribution in [3.05, 3.63) is 41.5 Å². The van der Waals surface area contributed by atoms with E-state index in [1.54, 1.807) is 0 Å². The van der Waals surface area contributed by atoms with Gasteiger partial charge >= 0.3 is 0 Å². The summed E-state index contributed by atoms with van der Waals surface area (Å²) in [7, 11) is 0. The zero-order valence-corrected chi connectivity index (χ0v) is 17.9. The second-order valence-electron chi connectivity index (χ2n) is 7.33. The zero-order chi connectivity index (χ0) is 19.9. The van der Waals surface area contributed by atoms with Crippen molar-refractivity contribution in [3.8, 4) is 11.4 Å². The minimum Gasteiger partial charge on any atom is -0.355 e. The summed E-state index contributed by atoms with van der Waals surface area (Å²) in [5.41, 5.74) is 3.73. The molecular weight excluding hydrogens is 368 g/mol. The van der Waals surface area contributed by atoms with Gasteiger partial charge in [-0.2, -0.15) is 0 Å². The Morgan fingerprint density at radius 1 is 1.32 bits per heavy atom. The lowest BCUT2D eigenvalue weighted by Gasteiger charge is -2.15. The number of carbonyl (C=O) groups is 1. The lowest BCUT2D eigenvalue weighted by atomic mass is 9.97. The van der Waals surface area contributed by atoms with Gasteiger partial charge in [-0.3, -0.25) is 4.79 Å². The molecule has 0 bridgehead atoms. The van der Waals surface area contributed by atoms with E-state index in [0.717, 1.165) is 29.5 Å². The van der Waals surface area contributed by atoms with E-state index in [4.69, 9.17) is 0 Å². The first-order valence-corrected chi connectivity index (χ1v) is 11.1. The van der Waals surface area contributed by atoms with Crippen LogP contribution in [0.25, 0.3) is 11.4 Å². The summed E-state index contributed by atoms with van der Waals surface area (Å²) >= 11 is 1.47. The molecule has 6 heteroatoms.